The van der Waals surface area contributed by atoms with Gasteiger partial charge in [0.05, 0.1) is 6.10 Å². The summed E-state index contributed by atoms with van der Waals surface area (Å²) in [4.78, 5) is 40.0. The SMILES string of the molecule is CC(=O)O[C@@H]1[C@H]2O[C@H]2[C@@](C)(O)C(=O)[C@@H](C)C/C=C/[C@H]2[C@H](O)C(C)=C(C)[C@H]3[C@H](Cc4ccccc4)NC(=O)[C@@]123. The molecule has 1 aromatic carbocycles. The van der Waals surface area contributed by atoms with Crippen LogP contribution in [0.2, 0.25) is 0 Å². The number of amides is 1. The second-order valence-corrected chi connectivity index (χ2v) is 11.6. The van der Waals surface area contributed by atoms with Crippen molar-refractivity contribution in [2.45, 2.75) is 83.5 Å². The predicted molar refractivity (Wildman–Crippen MR) is 139 cm³/mol. The van der Waals surface area contributed by atoms with Gasteiger partial charge in [-0.05, 0) is 44.7 Å². The summed E-state index contributed by atoms with van der Waals surface area (Å²) in [5.41, 5.74) is -0.550. The number of allylic oxidation sites excluding steroid dienone is 1. The summed E-state index contributed by atoms with van der Waals surface area (Å²) in [6.45, 7) is 8.23. The molecule has 0 radical (unpaired) electrons. The molecule has 8 heteroatoms. The van der Waals surface area contributed by atoms with E-state index < -0.39 is 59.2 Å². The highest BCUT2D eigenvalue weighted by Gasteiger charge is 2.73. The molecule has 1 amide bonds. The first-order valence-electron chi connectivity index (χ1n) is 13.4. The Labute approximate surface area is 223 Å². The van der Waals surface area contributed by atoms with Crippen LogP contribution in [-0.2, 0) is 30.3 Å². The van der Waals surface area contributed by atoms with Crippen molar-refractivity contribution < 1.29 is 34.1 Å². The Hall–Kier alpha value is -2.81. The van der Waals surface area contributed by atoms with Crippen LogP contribution in [0.3, 0.4) is 0 Å². The summed E-state index contributed by atoms with van der Waals surface area (Å²) in [5.74, 6) is -2.99. The lowest BCUT2D eigenvalue weighted by molar-refractivity contribution is -0.169. The predicted octanol–water partition coefficient (Wildman–Crippen LogP) is 2.27. The summed E-state index contributed by atoms with van der Waals surface area (Å²) in [6, 6.07) is 9.51. The molecule has 38 heavy (non-hydrogen) atoms. The fourth-order valence-corrected chi connectivity index (χ4v) is 7.27. The fraction of sp³-hybridized carbons (Fsp3) is 0.567. The number of nitrogens with one attached hydrogen (secondary N) is 1. The Kier molecular flexibility index (Phi) is 6.65. The first kappa shape index (κ1) is 26.8. The van der Waals surface area contributed by atoms with E-state index in [0.29, 0.717) is 12.8 Å². The minimum Gasteiger partial charge on any atom is -0.458 e. The average molecular weight is 524 g/mol. The number of rotatable bonds is 3. The van der Waals surface area contributed by atoms with Gasteiger partial charge in [0.1, 0.15) is 29.3 Å². The van der Waals surface area contributed by atoms with Crippen molar-refractivity contribution in [3.8, 4) is 0 Å². The van der Waals surface area contributed by atoms with Gasteiger partial charge in [-0.3, -0.25) is 14.4 Å². The molecule has 10 atom stereocenters. The van der Waals surface area contributed by atoms with Gasteiger partial charge in [-0.15, -0.1) is 0 Å². The smallest absolute Gasteiger partial charge is 0.303 e. The molecular weight excluding hydrogens is 486 g/mol. The van der Waals surface area contributed by atoms with E-state index in [1.807, 2.05) is 44.2 Å². The Morgan fingerprint density at radius 1 is 1.18 bits per heavy atom. The Balaban J connectivity index is 1.72. The molecule has 2 aliphatic carbocycles. The number of hydrogen-bond donors (Lipinski definition) is 3. The maximum absolute atomic E-state index is 14.3. The highest BCUT2D eigenvalue weighted by molar-refractivity contribution is 5.91. The van der Waals surface area contributed by atoms with Crippen LogP contribution in [0.25, 0.3) is 0 Å². The molecule has 2 heterocycles. The van der Waals surface area contributed by atoms with Crippen LogP contribution in [0.5, 0.6) is 0 Å². The molecule has 3 N–H and O–H groups in total. The number of ketones is 1. The van der Waals surface area contributed by atoms with Gasteiger partial charge in [0, 0.05) is 30.7 Å². The zero-order valence-electron chi connectivity index (χ0n) is 22.5. The summed E-state index contributed by atoms with van der Waals surface area (Å²) in [5, 5.41) is 26.1. The molecule has 2 fully saturated rings. The standard InChI is InChI=1S/C30H37NO7/c1-15-10-9-13-20-23(33)17(3)16(2)22-21(14-19-11-7-6-8-12-19)31-28(35)30(20,22)27(37-18(4)32)24-26(38-24)29(5,36)25(15)34/h6-9,11-13,15,20-24,26-27,33,36H,10,14H2,1-5H3,(H,31,35)/b13-9+/t15-,20-,21-,22-,23+,24-,26+,27+,29-,30-/m0/s1. The van der Waals surface area contributed by atoms with Crippen LogP contribution in [0.1, 0.15) is 46.6 Å². The number of Topliss-reactive ketones (excluding diaryl/α,β-unsaturated/α-hetero) is 1. The van der Waals surface area contributed by atoms with Crippen molar-refractivity contribution >= 4 is 17.7 Å². The first-order valence-corrected chi connectivity index (χ1v) is 13.4. The Morgan fingerprint density at radius 2 is 1.87 bits per heavy atom. The van der Waals surface area contributed by atoms with E-state index in [1.165, 1.54) is 13.8 Å². The highest BCUT2D eigenvalue weighted by Crippen LogP contribution is 2.60. The Morgan fingerprint density at radius 3 is 2.53 bits per heavy atom. The van der Waals surface area contributed by atoms with Gasteiger partial charge >= 0.3 is 5.97 Å². The minimum absolute atomic E-state index is 0.325. The van der Waals surface area contributed by atoms with Crippen molar-refractivity contribution in [1.29, 1.82) is 0 Å². The lowest BCUT2D eigenvalue weighted by Gasteiger charge is -2.50. The number of hydrogen-bond acceptors (Lipinski definition) is 7. The summed E-state index contributed by atoms with van der Waals surface area (Å²) < 4.78 is 11.9. The molecule has 0 aromatic heterocycles. The molecular formula is C30H37NO7. The molecule has 8 nitrogen and oxygen atoms in total. The van der Waals surface area contributed by atoms with Gasteiger partial charge in [-0.25, -0.2) is 0 Å². The molecule has 5 rings (SSSR count). The third kappa shape index (κ3) is 3.96. The lowest BCUT2D eigenvalue weighted by atomic mass is 9.53. The van der Waals surface area contributed by atoms with Gasteiger partial charge in [-0.1, -0.05) is 55.0 Å². The quantitative estimate of drug-likeness (QED) is 0.315. The molecule has 2 aliphatic heterocycles. The molecule has 2 saturated heterocycles. The van der Waals surface area contributed by atoms with Crippen LogP contribution in [0, 0.1) is 23.2 Å². The zero-order valence-corrected chi connectivity index (χ0v) is 22.5. The number of carbonyl (C=O) groups excluding carboxylic acids is 3. The van der Waals surface area contributed by atoms with E-state index in [1.54, 1.807) is 19.1 Å². The number of benzene rings is 1. The van der Waals surface area contributed by atoms with Crippen molar-refractivity contribution in [3.63, 3.8) is 0 Å². The molecule has 1 aromatic rings. The number of ether oxygens (including phenoxy) is 2. The van der Waals surface area contributed by atoms with E-state index in [2.05, 4.69) is 5.32 Å². The van der Waals surface area contributed by atoms with Gasteiger partial charge in [0.25, 0.3) is 0 Å². The van der Waals surface area contributed by atoms with Gasteiger partial charge in [0.15, 0.2) is 5.78 Å². The lowest BCUT2D eigenvalue weighted by Crippen LogP contribution is -2.60. The van der Waals surface area contributed by atoms with Crippen LogP contribution < -0.4 is 5.32 Å². The number of aliphatic hydroxyl groups is 2. The normalized spacial score (nSPS) is 43.2. The number of esters is 1. The van der Waals surface area contributed by atoms with E-state index in [9.17, 15) is 24.6 Å². The third-order valence-electron chi connectivity index (χ3n) is 9.27. The van der Waals surface area contributed by atoms with Crippen LogP contribution in [0.4, 0.5) is 0 Å². The highest BCUT2D eigenvalue weighted by atomic mass is 16.6. The van der Waals surface area contributed by atoms with E-state index in [-0.39, 0.29) is 17.7 Å². The zero-order chi connectivity index (χ0) is 27.6. The second kappa shape index (κ2) is 9.43. The van der Waals surface area contributed by atoms with Crippen LogP contribution in [0.15, 0.2) is 53.6 Å². The molecule has 204 valence electrons. The topological polar surface area (TPSA) is 125 Å². The van der Waals surface area contributed by atoms with E-state index in [0.717, 1.165) is 16.7 Å². The molecule has 4 aliphatic rings. The van der Waals surface area contributed by atoms with Crippen molar-refractivity contribution in [3.05, 3.63) is 59.2 Å². The van der Waals surface area contributed by atoms with Crippen molar-refractivity contribution in [2.75, 3.05) is 0 Å². The number of fused-ring (bicyclic) bond motifs is 1. The summed E-state index contributed by atoms with van der Waals surface area (Å²) >= 11 is 0. The molecule has 0 bridgehead atoms. The monoisotopic (exact) mass is 523 g/mol. The number of carbonyl (C=O) groups is 3. The second-order valence-electron chi connectivity index (χ2n) is 11.6. The third-order valence-corrected chi connectivity index (χ3v) is 9.27. The van der Waals surface area contributed by atoms with Gasteiger partial charge in [0.2, 0.25) is 5.91 Å². The number of aliphatic hydroxyl groups excluding tert-OH is 1. The van der Waals surface area contributed by atoms with Gasteiger partial charge in [-0.2, -0.15) is 0 Å². The van der Waals surface area contributed by atoms with Crippen LogP contribution in [-0.4, -0.2) is 63.9 Å². The molecule has 1 spiro atoms. The molecule has 0 saturated carbocycles. The largest absolute Gasteiger partial charge is 0.458 e. The Bertz CT molecular complexity index is 1200. The summed E-state index contributed by atoms with van der Waals surface area (Å²) in [7, 11) is 0. The first-order chi connectivity index (χ1) is 17.9. The van der Waals surface area contributed by atoms with E-state index >= 15 is 0 Å². The number of epoxide rings is 1. The maximum Gasteiger partial charge on any atom is 0.303 e. The van der Waals surface area contributed by atoms with Gasteiger partial charge < -0.3 is 25.0 Å². The van der Waals surface area contributed by atoms with Crippen molar-refractivity contribution in [2.24, 2.45) is 23.2 Å². The average Bonchev–Trinajstić information content (AvgIpc) is 3.62. The van der Waals surface area contributed by atoms with E-state index in [4.69, 9.17) is 9.47 Å². The maximum atomic E-state index is 14.3. The summed E-state index contributed by atoms with van der Waals surface area (Å²) in [6.07, 6.45) is 0.510. The molecule has 0 unspecified atom stereocenters. The van der Waals surface area contributed by atoms with Crippen molar-refractivity contribution in [1.82, 2.24) is 5.32 Å². The minimum atomic E-state index is -1.82. The fourth-order valence-electron chi connectivity index (χ4n) is 7.27. The van der Waals surface area contributed by atoms with Crippen LogP contribution >= 0.6 is 0 Å².